The lowest BCUT2D eigenvalue weighted by Gasteiger charge is -2.26. The van der Waals surface area contributed by atoms with Gasteiger partial charge in [-0.05, 0) is 30.9 Å². The lowest BCUT2D eigenvalue weighted by Crippen LogP contribution is -2.32. The van der Waals surface area contributed by atoms with Crippen LogP contribution in [0.4, 0.5) is 5.82 Å². The first-order valence-corrected chi connectivity index (χ1v) is 8.37. The van der Waals surface area contributed by atoms with Crippen LogP contribution in [-0.4, -0.2) is 31.3 Å². The minimum absolute atomic E-state index is 0.204. The van der Waals surface area contributed by atoms with Crippen molar-refractivity contribution in [3.63, 3.8) is 0 Å². The molecule has 1 aliphatic rings. The molecule has 1 saturated carbocycles. The number of rotatable bonds is 5. The number of pyridine rings is 1. The minimum atomic E-state index is -3.46. The maximum atomic E-state index is 12.4. The number of nitrogens with two attached hydrogens (primary N) is 1. The van der Waals surface area contributed by atoms with Crippen LogP contribution in [0.15, 0.2) is 23.2 Å². The van der Waals surface area contributed by atoms with Crippen LogP contribution in [0, 0.1) is 5.92 Å². The monoisotopic (exact) mass is 298 g/mol. The van der Waals surface area contributed by atoms with Gasteiger partial charge in [0.1, 0.15) is 10.7 Å². The summed E-state index contributed by atoms with van der Waals surface area (Å²) in [4.78, 5) is 4.15. The van der Waals surface area contributed by atoms with Crippen molar-refractivity contribution in [3.05, 3.63) is 18.3 Å². The normalized spacial score (nSPS) is 17.4. The fourth-order valence-corrected chi connectivity index (χ4v) is 3.82. The lowest BCUT2D eigenvalue weighted by atomic mass is 9.89. The Morgan fingerprint density at radius 2 is 2.05 bits per heavy atom. The fourth-order valence-electron chi connectivity index (χ4n) is 2.63. The Labute approximate surface area is 120 Å². The maximum Gasteiger partial charge on any atom is 0.244 e. The summed E-state index contributed by atoms with van der Waals surface area (Å²) in [5.74, 6) is 6.14. The van der Waals surface area contributed by atoms with E-state index >= 15 is 0 Å². The van der Waals surface area contributed by atoms with Gasteiger partial charge >= 0.3 is 0 Å². The molecule has 0 radical (unpaired) electrons. The zero-order valence-electron chi connectivity index (χ0n) is 11.7. The van der Waals surface area contributed by atoms with E-state index in [1.165, 1.54) is 35.8 Å². The molecule has 0 amide bonds. The Morgan fingerprint density at radius 3 is 2.60 bits per heavy atom. The summed E-state index contributed by atoms with van der Waals surface area (Å²) in [6.45, 7) is 0.583. The number of nitrogen functional groups attached to an aromatic ring is 1. The van der Waals surface area contributed by atoms with Crippen LogP contribution in [0.5, 0.6) is 0 Å². The summed E-state index contributed by atoms with van der Waals surface area (Å²) in [6.07, 6.45) is 7.25. The second-order valence-electron chi connectivity index (χ2n) is 5.31. The Bertz CT molecular complexity index is 524. The summed E-state index contributed by atoms with van der Waals surface area (Å²) in [5.41, 5.74) is 2.38. The van der Waals surface area contributed by atoms with Crippen molar-refractivity contribution >= 4 is 15.8 Å². The van der Waals surface area contributed by atoms with E-state index in [9.17, 15) is 8.42 Å². The molecule has 2 rings (SSSR count). The zero-order valence-corrected chi connectivity index (χ0v) is 12.6. The van der Waals surface area contributed by atoms with E-state index in [1.54, 1.807) is 13.1 Å². The number of hydrogen-bond acceptors (Lipinski definition) is 5. The van der Waals surface area contributed by atoms with Gasteiger partial charge in [-0.25, -0.2) is 23.5 Å². The van der Waals surface area contributed by atoms with E-state index in [4.69, 9.17) is 5.84 Å². The molecule has 1 aliphatic carbocycles. The highest BCUT2D eigenvalue weighted by atomic mass is 32.2. The first-order chi connectivity index (χ1) is 9.54. The number of aromatic nitrogens is 1. The zero-order chi connectivity index (χ0) is 14.6. The van der Waals surface area contributed by atoms with Crippen molar-refractivity contribution in [1.82, 2.24) is 9.29 Å². The van der Waals surface area contributed by atoms with Crippen LogP contribution in [0.2, 0.25) is 0 Å². The molecule has 1 fully saturated rings. The van der Waals surface area contributed by atoms with Crippen molar-refractivity contribution < 1.29 is 8.42 Å². The van der Waals surface area contributed by atoms with Gasteiger partial charge in [0.25, 0.3) is 0 Å². The van der Waals surface area contributed by atoms with Gasteiger partial charge < -0.3 is 5.43 Å². The average molecular weight is 298 g/mol. The van der Waals surface area contributed by atoms with Crippen LogP contribution < -0.4 is 11.3 Å². The van der Waals surface area contributed by atoms with Gasteiger partial charge in [-0.3, -0.25) is 0 Å². The van der Waals surface area contributed by atoms with Gasteiger partial charge in [0.15, 0.2) is 0 Å². The number of nitrogens with zero attached hydrogens (tertiary/aromatic N) is 2. The number of anilines is 1. The number of hydrogen-bond donors (Lipinski definition) is 2. The number of hydrazine groups is 1. The van der Waals surface area contributed by atoms with Crippen LogP contribution in [-0.2, 0) is 10.0 Å². The molecule has 6 nitrogen and oxygen atoms in total. The van der Waals surface area contributed by atoms with E-state index in [1.807, 2.05) is 0 Å². The third kappa shape index (κ3) is 3.47. The van der Waals surface area contributed by atoms with Crippen molar-refractivity contribution in [2.75, 3.05) is 19.0 Å². The molecule has 1 aromatic heterocycles. The molecule has 0 bridgehead atoms. The molecule has 0 atom stereocenters. The number of sulfonamides is 1. The second-order valence-corrected chi connectivity index (χ2v) is 7.36. The van der Waals surface area contributed by atoms with Crippen molar-refractivity contribution in [2.24, 2.45) is 11.8 Å². The van der Waals surface area contributed by atoms with Crippen LogP contribution in [0.3, 0.4) is 0 Å². The predicted molar refractivity (Wildman–Crippen MR) is 78.4 cm³/mol. The Hall–Kier alpha value is -1.18. The highest BCUT2D eigenvalue weighted by Crippen LogP contribution is 2.26. The molecule has 112 valence electrons. The first-order valence-electron chi connectivity index (χ1n) is 6.93. The van der Waals surface area contributed by atoms with Gasteiger partial charge in [0.2, 0.25) is 10.0 Å². The van der Waals surface area contributed by atoms with E-state index < -0.39 is 10.0 Å². The van der Waals surface area contributed by atoms with E-state index in [-0.39, 0.29) is 4.90 Å². The molecule has 0 aliphatic heterocycles. The molecular weight excluding hydrogens is 276 g/mol. The van der Waals surface area contributed by atoms with Gasteiger partial charge in [0.05, 0.1) is 0 Å². The van der Waals surface area contributed by atoms with E-state index in [2.05, 4.69) is 10.4 Å². The second kappa shape index (κ2) is 6.51. The molecule has 0 aromatic carbocycles. The summed E-state index contributed by atoms with van der Waals surface area (Å²) in [5, 5.41) is 0. The molecule has 20 heavy (non-hydrogen) atoms. The van der Waals surface area contributed by atoms with E-state index in [0.717, 1.165) is 12.8 Å². The van der Waals surface area contributed by atoms with Crippen LogP contribution >= 0.6 is 0 Å². The fraction of sp³-hybridized carbons (Fsp3) is 0.615. The third-order valence-corrected chi connectivity index (χ3v) is 5.64. The minimum Gasteiger partial charge on any atom is -0.308 e. The molecule has 1 aromatic rings. The van der Waals surface area contributed by atoms with Crippen LogP contribution in [0.1, 0.15) is 32.1 Å². The quantitative estimate of drug-likeness (QED) is 0.636. The summed E-state index contributed by atoms with van der Waals surface area (Å²) in [7, 11) is -1.82. The summed E-state index contributed by atoms with van der Waals surface area (Å²) < 4.78 is 26.3. The molecule has 1 heterocycles. The predicted octanol–water partition coefficient (Wildman–Crippen LogP) is 1.57. The Morgan fingerprint density at radius 1 is 1.35 bits per heavy atom. The molecule has 3 N–H and O–H groups in total. The van der Waals surface area contributed by atoms with Gasteiger partial charge in [-0.2, -0.15) is 0 Å². The van der Waals surface area contributed by atoms with Crippen molar-refractivity contribution in [2.45, 2.75) is 37.0 Å². The first kappa shape index (κ1) is 15.2. The smallest absolute Gasteiger partial charge is 0.244 e. The van der Waals surface area contributed by atoms with Gasteiger partial charge in [-0.1, -0.05) is 19.3 Å². The average Bonchev–Trinajstić information content (AvgIpc) is 2.48. The Kier molecular flexibility index (Phi) is 4.95. The maximum absolute atomic E-state index is 12.4. The summed E-state index contributed by atoms with van der Waals surface area (Å²) >= 11 is 0. The molecule has 0 spiro atoms. The van der Waals surface area contributed by atoms with E-state index in [0.29, 0.717) is 18.3 Å². The Balaban J connectivity index is 2.07. The largest absolute Gasteiger partial charge is 0.308 e. The highest BCUT2D eigenvalue weighted by Gasteiger charge is 2.25. The SMILES string of the molecule is CN(CC1CCCCC1)S(=O)(=O)c1ccc(NN)nc1. The van der Waals surface area contributed by atoms with Crippen molar-refractivity contribution in [3.8, 4) is 0 Å². The summed E-state index contributed by atoms with van der Waals surface area (Å²) in [6, 6.07) is 3.08. The molecule has 7 heteroatoms. The third-order valence-electron chi connectivity index (χ3n) is 3.83. The van der Waals surface area contributed by atoms with Crippen molar-refractivity contribution in [1.29, 1.82) is 0 Å². The molecular formula is C13H22N4O2S. The number of nitrogens with one attached hydrogen (secondary N) is 1. The standard InChI is InChI=1S/C13H22N4O2S/c1-17(10-11-5-3-2-4-6-11)20(18,19)12-7-8-13(16-14)15-9-12/h7-9,11H,2-6,10,14H2,1H3,(H,15,16). The van der Waals surface area contributed by atoms with Gasteiger partial charge in [-0.15, -0.1) is 0 Å². The molecule has 0 unspecified atom stereocenters. The lowest BCUT2D eigenvalue weighted by molar-refractivity contribution is 0.300. The molecule has 0 saturated heterocycles. The highest BCUT2D eigenvalue weighted by molar-refractivity contribution is 7.89. The van der Waals surface area contributed by atoms with Gasteiger partial charge in [0, 0.05) is 19.8 Å². The topological polar surface area (TPSA) is 88.3 Å². The van der Waals surface area contributed by atoms with Crippen LogP contribution in [0.25, 0.3) is 0 Å².